The summed E-state index contributed by atoms with van der Waals surface area (Å²) in [6.45, 7) is 1.39. The number of carboxylic acids is 1. The predicted octanol–water partition coefficient (Wildman–Crippen LogP) is 4.72. The molecule has 0 aliphatic carbocycles. The third kappa shape index (κ3) is 5.37. The van der Waals surface area contributed by atoms with Gasteiger partial charge in [-0.05, 0) is 48.5 Å². The van der Waals surface area contributed by atoms with E-state index in [0.717, 1.165) is 0 Å². The summed E-state index contributed by atoms with van der Waals surface area (Å²) in [5.74, 6) is -2.04. The van der Waals surface area contributed by atoms with Crippen molar-refractivity contribution >= 4 is 63.3 Å². The molecule has 32 heavy (non-hydrogen) atoms. The van der Waals surface area contributed by atoms with Crippen molar-refractivity contribution in [1.29, 1.82) is 5.26 Å². The molecule has 0 saturated heterocycles. The molecule has 2 N–H and O–H groups in total. The molecule has 2 aromatic carbocycles. The lowest BCUT2D eigenvalue weighted by molar-refractivity contribution is -0.116. The van der Waals surface area contributed by atoms with E-state index in [0.29, 0.717) is 27.2 Å². The average molecular weight is 467 g/mol. The lowest BCUT2D eigenvalue weighted by Gasteiger charge is -2.18. The number of aromatic carboxylic acids is 1. The summed E-state index contributed by atoms with van der Waals surface area (Å²) < 4.78 is 0. The number of anilines is 3. The quantitative estimate of drug-likeness (QED) is 0.400. The number of nitrogens with zero attached hydrogens (tertiary/aromatic N) is 3. The van der Waals surface area contributed by atoms with Crippen LogP contribution < -0.4 is 10.2 Å². The van der Waals surface area contributed by atoms with E-state index < -0.39 is 11.9 Å². The molecule has 1 heterocycles. The van der Waals surface area contributed by atoms with E-state index in [1.165, 1.54) is 53.5 Å². The number of halogens is 1. The van der Waals surface area contributed by atoms with E-state index in [-0.39, 0.29) is 17.0 Å². The molecule has 2 amide bonds. The van der Waals surface area contributed by atoms with Crippen LogP contribution in [0.2, 0.25) is 5.02 Å². The van der Waals surface area contributed by atoms with Gasteiger partial charge in [0, 0.05) is 23.0 Å². The fourth-order valence-electron chi connectivity index (χ4n) is 2.68. The van der Waals surface area contributed by atoms with Gasteiger partial charge in [0.25, 0.3) is 5.91 Å². The van der Waals surface area contributed by atoms with Crippen molar-refractivity contribution in [2.24, 2.45) is 0 Å². The van der Waals surface area contributed by atoms with E-state index >= 15 is 0 Å². The number of hydrogen-bond donors (Lipinski definition) is 2. The minimum Gasteiger partial charge on any atom is -0.478 e. The molecule has 0 unspecified atom stereocenters. The van der Waals surface area contributed by atoms with Gasteiger partial charge in [0.15, 0.2) is 5.13 Å². The second-order valence-corrected chi connectivity index (χ2v) is 7.67. The fraction of sp³-hybridized carbons (Fsp3) is 0.0455. The summed E-state index contributed by atoms with van der Waals surface area (Å²) in [6, 6.07) is 14.1. The zero-order valence-corrected chi connectivity index (χ0v) is 18.1. The summed E-state index contributed by atoms with van der Waals surface area (Å²) in [5, 5.41) is 23.3. The molecule has 0 spiro atoms. The molecular formula is C22H15ClN4O4S. The molecule has 10 heteroatoms. The van der Waals surface area contributed by atoms with Crippen LogP contribution in [0, 0.1) is 11.3 Å². The monoisotopic (exact) mass is 466 g/mol. The highest BCUT2D eigenvalue weighted by atomic mass is 35.5. The molecule has 0 radical (unpaired) electrons. The SMILES string of the molecule is CC(=O)N(c1cccc(Cl)c1)c1nc(/C=C(\C#N)C(=O)Nc2ccc(C(=O)O)cc2)cs1. The minimum atomic E-state index is -1.09. The van der Waals surface area contributed by atoms with E-state index in [2.05, 4.69) is 10.3 Å². The van der Waals surface area contributed by atoms with Gasteiger partial charge in [0.2, 0.25) is 5.91 Å². The zero-order valence-electron chi connectivity index (χ0n) is 16.6. The van der Waals surface area contributed by atoms with Gasteiger partial charge < -0.3 is 10.4 Å². The molecular weight excluding hydrogens is 452 g/mol. The first-order valence-corrected chi connectivity index (χ1v) is 10.3. The molecule has 1 aromatic heterocycles. The summed E-state index contributed by atoms with van der Waals surface area (Å²) in [4.78, 5) is 41.3. The Balaban J connectivity index is 1.82. The largest absolute Gasteiger partial charge is 0.478 e. The van der Waals surface area contributed by atoms with Gasteiger partial charge in [-0.25, -0.2) is 9.78 Å². The van der Waals surface area contributed by atoms with Crippen LogP contribution in [0.15, 0.2) is 59.5 Å². The molecule has 0 bridgehead atoms. The average Bonchev–Trinajstić information content (AvgIpc) is 3.20. The van der Waals surface area contributed by atoms with Crippen molar-refractivity contribution in [2.75, 3.05) is 10.2 Å². The summed E-state index contributed by atoms with van der Waals surface area (Å²) >= 11 is 7.19. The number of thiazole rings is 1. The highest BCUT2D eigenvalue weighted by Gasteiger charge is 2.19. The minimum absolute atomic E-state index is 0.0729. The van der Waals surface area contributed by atoms with E-state index in [4.69, 9.17) is 16.7 Å². The maximum atomic E-state index is 12.5. The number of nitrogens with one attached hydrogen (secondary N) is 1. The second kappa shape index (κ2) is 9.87. The van der Waals surface area contributed by atoms with Crippen LogP contribution in [0.1, 0.15) is 23.0 Å². The Bertz CT molecular complexity index is 1260. The normalized spacial score (nSPS) is 10.8. The lowest BCUT2D eigenvalue weighted by atomic mass is 10.2. The predicted molar refractivity (Wildman–Crippen MR) is 122 cm³/mol. The van der Waals surface area contributed by atoms with Crippen molar-refractivity contribution in [3.63, 3.8) is 0 Å². The van der Waals surface area contributed by atoms with Crippen molar-refractivity contribution in [2.45, 2.75) is 6.92 Å². The van der Waals surface area contributed by atoms with Gasteiger partial charge in [0.1, 0.15) is 11.6 Å². The number of carbonyl (C=O) groups excluding carboxylic acids is 2. The van der Waals surface area contributed by atoms with E-state index in [9.17, 15) is 19.6 Å². The third-order valence-corrected chi connectivity index (χ3v) is 5.21. The van der Waals surface area contributed by atoms with Crippen molar-refractivity contribution in [3.05, 3.63) is 75.8 Å². The molecule has 0 atom stereocenters. The Morgan fingerprint density at radius 2 is 1.94 bits per heavy atom. The van der Waals surface area contributed by atoms with Gasteiger partial charge in [-0.3, -0.25) is 14.5 Å². The van der Waals surface area contributed by atoms with E-state index in [1.54, 1.807) is 29.6 Å². The zero-order chi connectivity index (χ0) is 23.3. The Labute approximate surface area is 192 Å². The van der Waals surface area contributed by atoms with Crippen LogP contribution in [0.4, 0.5) is 16.5 Å². The van der Waals surface area contributed by atoms with Gasteiger partial charge >= 0.3 is 5.97 Å². The van der Waals surface area contributed by atoms with Crippen LogP contribution in [0.5, 0.6) is 0 Å². The Kier molecular flexibility index (Phi) is 7.00. The van der Waals surface area contributed by atoms with Crippen LogP contribution in [0.3, 0.4) is 0 Å². The van der Waals surface area contributed by atoms with Crippen LogP contribution >= 0.6 is 22.9 Å². The summed E-state index contributed by atoms with van der Waals surface area (Å²) in [7, 11) is 0. The molecule has 0 aliphatic rings. The van der Waals surface area contributed by atoms with Crippen LogP contribution in [-0.4, -0.2) is 27.9 Å². The van der Waals surface area contributed by atoms with Crippen molar-refractivity contribution < 1.29 is 19.5 Å². The summed E-state index contributed by atoms with van der Waals surface area (Å²) in [6.07, 6.45) is 1.30. The molecule has 0 fully saturated rings. The molecule has 0 aliphatic heterocycles. The third-order valence-electron chi connectivity index (χ3n) is 4.13. The first kappa shape index (κ1) is 22.7. The van der Waals surface area contributed by atoms with Gasteiger partial charge in [-0.1, -0.05) is 17.7 Å². The molecule has 3 rings (SSSR count). The highest BCUT2D eigenvalue weighted by molar-refractivity contribution is 7.14. The smallest absolute Gasteiger partial charge is 0.335 e. The second-order valence-electron chi connectivity index (χ2n) is 6.40. The molecule has 0 saturated carbocycles. The number of nitriles is 1. The van der Waals surface area contributed by atoms with Crippen molar-refractivity contribution in [3.8, 4) is 6.07 Å². The van der Waals surface area contributed by atoms with Gasteiger partial charge in [-0.15, -0.1) is 11.3 Å². The number of hydrogen-bond acceptors (Lipinski definition) is 6. The Hall–Kier alpha value is -4.00. The number of aromatic nitrogens is 1. The Morgan fingerprint density at radius 3 is 2.53 bits per heavy atom. The number of carbonyl (C=O) groups is 3. The number of amides is 2. The van der Waals surface area contributed by atoms with Crippen molar-refractivity contribution in [1.82, 2.24) is 4.98 Å². The number of carboxylic acid groups (broad SMARTS) is 1. The molecule has 8 nitrogen and oxygen atoms in total. The summed E-state index contributed by atoms with van der Waals surface area (Å²) in [5.41, 5.74) is 1.07. The van der Waals surface area contributed by atoms with Crippen LogP contribution in [0.25, 0.3) is 6.08 Å². The van der Waals surface area contributed by atoms with Crippen LogP contribution in [-0.2, 0) is 9.59 Å². The number of rotatable bonds is 6. The fourth-order valence-corrected chi connectivity index (χ4v) is 3.71. The maximum Gasteiger partial charge on any atom is 0.335 e. The molecule has 3 aromatic rings. The van der Waals surface area contributed by atoms with Gasteiger partial charge in [-0.2, -0.15) is 5.26 Å². The van der Waals surface area contributed by atoms with E-state index in [1.807, 2.05) is 6.07 Å². The van der Waals surface area contributed by atoms with Gasteiger partial charge in [0.05, 0.1) is 16.9 Å². The first-order valence-electron chi connectivity index (χ1n) is 9.07. The number of benzene rings is 2. The Morgan fingerprint density at radius 1 is 1.22 bits per heavy atom. The first-order chi connectivity index (χ1) is 15.3. The lowest BCUT2D eigenvalue weighted by Crippen LogP contribution is -2.22. The standard InChI is InChI=1S/C22H15ClN4O4S/c1-13(28)27(19-4-2-3-16(23)10-19)22-26-18(12-32-22)9-15(11-24)20(29)25-17-7-5-14(6-8-17)21(30)31/h2-10,12H,1H3,(H,25,29)(H,30,31)/b15-9+. The maximum absolute atomic E-state index is 12.5. The topological polar surface area (TPSA) is 123 Å². The molecule has 160 valence electrons. The highest BCUT2D eigenvalue weighted by Crippen LogP contribution is 2.31.